The van der Waals surface area contributed by atoms with E-state index >= 15 is 0 Å². The molecule has 1 aliphatic heterocycles. The van der Waals surface area contributed by atoms with Crippen molar-refractivity contribution in [1.29, 1.82) is 0 Å². The molecule has 108 valence electrons. The second kappa shape index (κ2) is 8.50. The molecule has 6 heteroatoms. The van der Waals surface area contributed by atoms with Crippen LogP contribution in [0.2, 0.25) is 0 Å². The number of carbonyl (C=O) groups excluding carboxylic acids is 3. The number of methoxy groups -OCH3 is 1. The normalized spacial score (nSPS) is 14.6. The summed E-state index contributed by atoms with van der Waals surface area (Å²) >= 11 is 0. The van der Waals surface area contributed by atoms with Crippen LogP contribution in [0.1, 0.15) is 38.5 Å². The minimum Gasteiger partial charge on any atom is -0.469 e. The van der Waals surface area contributed by atoms with Gasteiger partial charge < -0.3 is 15.0 Å². The quantitative estimate of drug-likeness (QED) is 0.513. The Morgan fingerprint density at radius 2 is 2.11 bits per heavy atom. The Labute approximate surface area is 113 Å². The number of ether oxygens (including phenoxy) is 1. The first kappa shape index (κ1) is 15.5. The zero-order valence-corrected chi connectivity index (χ0v) is 11.4. The van der Waals surface area contributed by atoms with Gasteiger partial charge in [-0.2, -0.15) is 0 Å². The van der Waals surface area contributed by atoms with Crippen molar-refractivity contribution in [3.63, 3.8) is 0 Å². The summed E-state index contributed by atoms with van der Waals surface area (Å²) in [6, 6.07) is 0. The zero-order chi connectivity index (χ0) is 14.1. The SMILES string of the molecule is COC(=O)CCCCCNC(=O)CN1CCCC1=O. The molecule has 0 saturated carbocycles. The van der Waals surface area contributed by atoms with Gasteiger partial charge in [0, 0.05) is 25.9 Å². The fraction of sp³-hybridized carbons (Fsp3) is 0.769. The topological polar surface area (TPSA) is 75.7 Å². The highest BCUT2D eigenvalue weighted by atomic mass is 16.5. The minimum absolute atomic E-state index is 0.0632. The second-order valence-electron chi connectivity index (χ2n) is 4.66. The number of amides is 2. The Kier molecular flexibility index (Phi) is 6.92. The van der Waals surface area contributed by atoms with Crippen molar-refractivity contribution < 1.29 is 19.1 Å². The molecule has 1 fully saturated rings. The van der Waals surface area contributed by atoms with Crippen molar-refractivity contribution in [3.05, 3.63) is 0 Å². The van der Waals surface area contributed by atoms with Crippen LogP contribution in [0, 0.1) is 0 Å². The van der Waals surface area contributed by atoms with Crippen molar-refractivity contribution >= 4 is 17.8 Å². The van der Waals surface area contributed by atoms with Gasteiger partial charge in [0.25, 0.3) is 0 Å². The molecule has 1 N–H and O–H groups in total. The van der Waals surface area contributed by atoms with Gasteiger partial charge >= 0.3 is 5.97 Å². The summed E-state index contributed by atoms with van der Waals surface area (Å²) in [5, 5.41) is 2.78. The standard InChI is InChI=1S/C13H22N2O4/c1-19-13(18)7-3-2-4-8-14-11(16)10-15-9-5-6-12(15)17/h2-10H2,1H3,(H,14,16). The zero-order valence-electron chi connectivity index (χ0n) is 11.4. The van der Waals surface area contributed by atoms with Crippen LogP contribution in [0.4, 0.5) is 0 Å². The van der Waals surface area contributed by atoms with E-state index in [-0.39, 0.29) is 24.3 Å². The summed E-state index contributed by atoms with van der Waals surface area (Å²) in [6.07, 6.45) is 4.30. The fourth-order valence-electron chi connectivity index (χ4n) is 2.00. The molecule has 6 nitrogen and oxygen atoms in total. The van der Waals surface area contributed by atoms with Crippen molar-refractivity contribution in [2.75, 3.05) is 26.7 Å². The average Bonchev–Trinajstić information content (AvgIpc) is 2.79. The number of hydrogen-bond donors (Lipinski definition) is 1. The van der Waals surface area contributed by atoms with E-state index in [1.165, 1.54) is 7.11 Å². The van der Waals surface area contributed by atoms with Crippen LogP contribution < -0.4 is 5.32 Å². The predicted molar refractivity (Wildman–Crippen MR) is 69.3 cm³/mol. The van der Waals surface area contributed by atoms with E-state index in [1.807, 2.05) is 0 Å². The summed E-state index contributed by atoms with van der Waals surface area (Å²) < 4.78 is 4.53. The van der Waals surface area contributed by atoms with E-state index < -0.39 is 0 Å². The third-order valence-electron chi connectivity index (χ3n) is 3.11. The molecule has 0 bridgehead atoms. The molecule has 19 heavy (non-hydrogen) atoms. The third kappa shape index (κ3) is 6.22. The Morgan fingerprint density at radius 1 is 1.32 bits per heavy atom. The lowest BCUT2D eigenvalue weighted by molar-refractivity contribution is -0.140. The maximum atomic E-state index is 11.6. The first-order valence-corrected chi connectivity index (χ1v) is 6.75. The van der Waals surface area contributed by atoms with E-state index in [1.54, 1.807) is 4.90 Å². The molecular formula is C13H22N2O4. The van der Waals surface area contributed by atoms with Crippen LogP contribution in [-0.2, 0) is 19.1 Å². The Morgan fingerprint density at radius 3 is 2.74 bits per heavy atom. The van der Waals surface area contributed by atoms with Gasteiger partial charge in [-0.25, -0.2) is 0 Å². The fourth-order valence-corrected chi connectivity index (χ4v) is 2.00. The van der Waals surface area contributed by atoms with Gasteiger partial charge in [-0.1, -0.05) is 6.42 Å². The second-order valence-corrected chi connectivity index (χ2v) is 4.66. The Hall–Kier alpha value is -1.59. The summed E-state index contributed by atoms with van der Waals surface area (Å²) in [6.45, 7) is 1.44. The number of hydrogen-bond acceptors (Lipinski definition) is 4. The number of likely N-dealkylation sites (tertiary alicyclic amines) is 1. The van der Waals surface area contributed by atoms with Crippen LogP contribution in [0.25, 0.3) is 0 Å². The van der Waals surface area contributed by atoms with E-state index in [2.05, 4.69) is 10.1 Å². The van der Waals surface area contributed by atoms with Crippen LogP contribution in [0.5, 0.6) is 0 Å². The number of carbonyl (C=O) groups is 3. The molecule has 0 aromatic heterocycles. The molecule has 1 aliphatic rings. The van der Waals surface area contributed by atoms with Crippen molar-refractivity contribution in [2.24, 2.45) is 0 Å². The van der Waals surface area contributed by atoms with Crippen molar-refractivity contribution in [2.45, 2.75) is 38.5 Å². The summed E-state index contributed by atoms with van der Waals surface area (Å²) in [5.74, 6) is -0.243. The highest BCUT2D eigenvalue weighted by Gasteiger charge is 2.21. The van der Waals surface area contributed by atoms with Gasteiger partial charge in [0.15, 0.2) is 0 Å². The van der Waals surface area contributed by atoms with E-state index in [4.69, 9.17) is 0 Å². The molecule has 1 rings (SSSR count). The lowest BCUT2D eigenvalue weighted by atomic mass is 10.2. The van der Waals surface area contributed by atoms with Crippen molar-refractivity contribution in [1.82, 2.24) is 10.2 Å². The molecule has 0 aliphatic carbocycles. The van der Waals surface area contributed by atoms with Crippen LogP contribution in [-0.4, -0.2) is 49.4 Å². The van der Waals surface area contributed by atoms with Crippen LogP contribution in [0.3, 0.4) is 0 Å². The molecular weight excluding hydrogens is 248 g/mol. The average molecular weight is 270 g/mol. The third-order valence-corrected chi connectivity index (χ3v) is 3.11. The number of nitrogens with zero attached hydrogens (tertiary/aromatic N) is 1. The Balaban J connectivity index is 1.98. The molecule has 0 radical (unpaired) electrons. The summed E-state index contributed by atoms with van der Waals surface area (Å²) in [4.78, 5) is 35.3. The largest absolute Gasteiger partial charge is 0.469 e. The number of unbranched alkanes of at least 4 members (excludes halogenated alkanes) is 2. The number of rotatable bonds is 8. The van der Waals surface area contributed by atoms with Gasteiger partial charge in [0.05, 0.1) is 13.7 Å². The Bertz CT molecular complexity index is 331. The lowest BCUT2D eigenvalue weighted by Crippen LogP contribution is -2.38. The predicted octanol–water partition coefficient (Wildman–Crippen LogP) is 0.458. The van der Waals surface area contributed by atoms with Gasteiger partial charge in [-0.05, 0) is 19.3 Å². The number of esters is 1. The monoisotopic (exact) mass is 270 g/mol. The van der Waals surface area contributed by atoms with Gasteiger partial charge in [-0.15, -0.1) is 0 Å². The van der Waals surface area contributed by atoms with Gasteiger partial charge in [0.1, 0.15) is 0 Å². The smallest absolute Gasteiger partial charge is 0.305 e. The highest BCUT2D eigenvalue weighted by Crippen LogP contribution is 2.08. The van der Waals surface area contributed by atoms with Crippen LogP contribution >= 0.6 is 0 Å². The summed E-state index contributed by atoms with van der Waals surface area (Å²) in [5.41, 5.74) is 0. The molecule has 0 aromatic carbocycles. The maximum Gasteiger partial charge on any atom is 0.305 e. The maximum absolute atomic E-state index is 11.6. The number of nitrogens with one attached hydrogen (secondary N) is 1. The molecule has 2 amide bonds. The van der Waals surface area contributed by atoms with Crippen LogP contribution in [0.15, 0.2) is 0 Å². The molecule has 0 atom stereocenters. The lowest BCUT2D eigenvalue weighted by Gasteiger charge is -2.14. The highest BCUT2D eigenvalue weighted by molar-refractivity contribution is 5.85. The molecule has 0 unspecified atom stereocenters. The van der Waals surface area contributed by atoms with E-state index in [9.17, 15) is 14.4 Å². The van der Waals surface area contributed by atoms with E-state index in [0.29, 0.717) is 25.9 Å². The molecule has 1 saturated heterocycles. The minimum atomic E-state index is -0.198. The first-order valence-electron chi connectivity index (χ1n) is 6.75. The first-order chi connectivity index (χ1) is 9.13. The molecule has 1 heterocycles. The van der Waals surface area contributed by atoms with E-state index in [0.717, 1.165) is 25.7 Å². The molecule has 0 spiro atoms. The summed E-state index contributed by atoms with van der Waals surface area (Å²) in [7, 11) is 1.38. The van der Waals surface area contributed by atoms with Crippen molar-refractivity contribution in [3.8, 4) is 0 Å². The van der Waals surface area contributed by atoms with Gasteiger partial charge in [-0.3, -0.25) is 14.4 Å². The molecule has 0 aromatic rings. The van der Waals surface area contributed by atoms with Gasteiger partial charge in [0.2, 0.25) is 11.8 Å².